The van der Waals surface area contributed by atoms with Crippen molar-refractivity contribution in [2.45, 2.75) is 13.1 Å². The van der Waals surface area contributed by atoms with Crippen LogP contribution in [0.5, 0.6) is 0 Å². The fourth-order valence-corrected chi connectivity index (χ4v) is 1.72. The molecule has 0 atom stereocenters. The van der Waals surface area contributed by atoms with Gasteiger partial charge in [0.25, 0.3) is 0 Å². The topological polar surface area (TPSA) is 43.8 Å². The van der Waals surface area contributed by atoms with E-state index >= 15 is 0 Å². The fraction of sp³-hybridized carbons (Fsp3) is 0.250. The monoisotopic (exact) mass is 255 g/mol. The second kappa shape index (κ2) is 4.04. The Morgan fingerprint density at radius 1 is 1.28 bits per heavy atom. The van der Waals surface area contributed by atoms with E-state index in [9.17, 15) is 13.2 Å². The number of halogens is 3. The van der Waals surface area contributed by atoms with Crippen molar-refractivity contribution in [3.05, 3.63) is 35.5 Å². The van der Waals surface area contributed by atoms with Gasteiger partial charge in [-0.2, -0.15) is 13.2 Å². The number of nitrogens with zero attached hydrogens (tertiary/aromatic N) is 2. The number of alkyl halides is 3. The molecule has 1 heterocycles. The van der Waals surface area contributed by atoms with Gasteiger partial charge < -0.3 is 10.3 Å². The standard InChI is InChI=1S/C12H12F3N3/c1-7-10(17-11(16)18(7)2)8-4-3-5-9(6-8)12(13,14)15/h3-6H,1-2H3,(H2,16,17). The number of rotatable bonds is 1. The summed E-state index contributed by atoms with van der Waals surface area (Å²) >= 11 is 0. The molecule has 18 heavy (non-hydrogen) atoms. The lowest BCUT2D eigenvalue weighted by molar-refractivity contribution is -0.137. The first-order chi connectivity index (χ1) is 8.30. The quantitative estimate of drug-likeness (QED) is 0.851. The zero-order valence-corrected chi connectivity index (χ0v) is 9.92. The summed E-state index contributed by atoms with van der Waals surface area (Å²) in [4.78, 5) is 4.08. The molecule has 2 rings (SSSR count). The van der Waals surface area contributed by atoms with Crippen LogP contribution in [0.4, 0.5) is 19.1 Å². The molecule has 2 N–H and O–H groups in total. The molecule has 0 fully saturated rings. The first-order valence-corrected chi connectivity index (χ1v) is 5.27. The summed E-state index contributed by atoms with van der Waals surface area (Å²) in [6, 6.07) is 5.06. The van der Waals surface area contributed by atoms with Crippen molar-refractivity contribution < 1.29 is 13.2 Å². The highest BCUT2D eigenvalue weighted by Gasteiger charge is 2.30. The van der Waals surface area contributed by atoms with Gasteiger partial charge in [0.05, 0.1) is 11.3 Å². The smallest absolute Gasteiger partial charge is 0.369 e. The second-order valence-electron chi connectivity index (χ2n) is 4.04. The largest absolute Gasteiger partial charge is 0.416 e. The number of benzene rings is 1. The van der Waals surface area contributed by atoms with Gasteiger partial charge in [0.1, 0.15) is 0 Å². The van der Waals surface area contributed by atoms with Crippen LogP contribution < -0.4 is 5.73 Å². The van der Waals surface area contributed by atoms with Gasteiger partial charge in [0, 0.05) is 18.3 Å². The van der Waals surface area contributed by atoms with Crippen LogP contribution in [0.1, 0.15) is 11.3 Å². The van der Waals surface area contributed by atoms with Crippen LogP contribution in [0.2, 0.25) is 0 Å². The molecule has 1 aromatic carbocycles. The number of imidazole rings is 1. The number of hydrogen-bond acceptors (Lipinski definition) is 2. The maximum absolute atomic E-state index is 12.6. The van der Waals surface area contributed by atoms with Crippen LogP contribution in [0.15, 0.2) is 24.3 Å². The highest BCUT2D eigenvalue weighted by atomic mass is 19.4. The number of nitrogens with two attached hydrogens (primary N) is 1. The molecule has 1 aromatic heterocycles. The van der Waals surface area contributed by atoms with Gasteiger partial charge in [-0.15, -0.1) is 0 Å². The summed E-state index contributed by atoms with van der Waals surface area (Å²) in [5.41, 5.74) is 6.55. The van der Waals surface area contributed by atoms with Gasteiger partial charge in [-0.1, -0.05) is 12.1 Å². The van der Waals surface area contributed by atoms with E-state index in [-0.39, 0.29) is 5.95 Å². The summed E-state index contributed by atoms with van der Waals surface area (Å²) < 4.78 is 39.5. The van der Waals surface area contributed by atoms with Gasteiger partial charge in [-0.3, -0.25) is 0 Å². The highest BCUT2D eigenvalue weighted by Crippen LogP contribution is 2.32. The molecule has 0 unspecified atom stereocenters. The van der Waals surface area contributed by atoms with Gasteiger partial charge in [-0.25, -0.2) is 4.98 Å². The van der Waals surface area contributed by atoms with Crippen LogP contribution in [0, 0.1) is 6.92 Å². The molecule has 2 aromatic rings. The Morgan fingerprint density at radius 2 is 1.94 bits per heavy atom. The molecule has 0 aliphatic carbocycles. The predicted molar refractivity (Wildman–Crippen MR) is 62.8 cm³/mol. The van der Waals surface area contributed by atoms with Gasteiger partial charge in [0.2, 0.25) is 5.95 Å². The average molecular weight is 255 g/mol. The number of aromatic nitrogens is 2. The molecule has 0 saturated carbocycles. The van der Waals surface area contributed by atoms with E-state index < -0.39 is 11.7 Å². The summed E-state index contributed by atoms with van der Waals surface area (Å²) in [5.74, 6) is 0.278. The molecular weight excluding hydrogens is 243 g/mol. The maximum atomic E-state index is 12.6. The number of hydrogen-bond donors (Lipinski definition) is 1. The van der Waals surface area contributed by atoms with Crippen LogP contribution >= 0.6 is 0 Å². The first kappa shape index (κ1) is 12.5. The molecule has 0 bridgehead atoms. The molecular formula is C12H12F3N3. The average Bonchev–Trinajstić information content (AvgIpc) is 2.56. The van der Waals surface area contributed by atoms with E-state index in [0.29, 0.717) is 11.3 Å². The minimum Gasteiger partial charge on any atom is -0.369 e. The summed E-state index contributed by atoms with van der Waals surface area (Å²) in [6.45, 7) is 1.76. The Bertz CT molecular complexity index is 585. The lowest BCUT2D eigenvalue weighted by atomic mass is 10.1. The zero-order chi connectivity index (χ0) is 13.5. The van der Waals surface area contributed by atoms with E-state index in [1.165, 1.54) is 6.07 Å². The molecule has 0 aliphatic rings. The van der Waals surface area contributed by atoms with Crippen LogP contribution in [-0.4, -0.2) is 9.55 Å². The summed E-state index contributed by atoms with van der Waals surface area (Å²) in [6.07, 6.45) is -4.36. The summed E-state index contributed by atoms with van der Waals surface area (Å²) in [5, 5.41) is 0. The number of anilines is 1. The van der Waals surface area contributed by atoms with Crippen molar-refractivity contribution in [3.63, 3.8) is 0 Å². The Morgan fingerprint density at radius 3 is 2.44 bits per heavy atom. The molecule has 96 valence electrons. The molecule has 6 heteroatoms. The first-order valence-electron chi connectivity index (χ1n) is 5.27. The molecule has 0 radical (unpaired) electrons. The molecule has 0 aliphatic heterocycles. The van der Waals surface area contributed by atoms with Crippen molar-refractivity contribution >= 4 is 5.95 Å². The van der Waals surface area contributed by atoms with E-state index in [2.05, 4.69) is 4.98 Å². The van der Waals surface area contributed by atoms with Gasteiger partial charge >= 0.3 is 6.18 Å². The lowest BCUT2D eigenvalue weighted by Gasteiger charge is -2.08. The third kappa shape index (κ3) is 2.05. The van der Waals surface area contributed by atoms with Crippen molar-refractivity contribution in [3.8, 4) is 11.3 Å². The van der Waals surface area contributed by atoms with E-state index in [1.54, 1.807) is 24.6 Å². The van der Waals surface area contributed by atoms with Crippen molar-refractivity contribution in [2.75, 3.05) is 5.73 Å². The van der Waals surface area contributed by atoms with Crippen LogP contribution in [-0.2, 0) is 13.2 Å². The molecule has 0 amide bonds. The molecule has 3 nitrogen and oxygen atoms in total. The SMILES string of the molecule is Cc1c(-c2cccc(C(F)(F)F)c2)nc(N)n1C. The Labute approximate surface area is 102 Å². The van der Waals surface area contributed by atoms with Crippen molar-refractivity contribution in [1.29, 1.82) is 0 Å². The van der Waals surface area contributed by atoms with Crippen molar-refractivity contribution in [2.24, 2.45) is 7.05 Å². The minimum absolute atomic E-state index is 0.278. The summed E-state index contributed by atoms with van der Waals surface area (Å²) in [7, 11) is 1.72. The zero-order valence-electron chi connectivity index (χ0n) is 9.92. The normalized spacial score (nSPS) is 11.8. The predicted octanol–water partition coefficient (Wildman–Crippen LogP) is 3.00. The third-order valence-corrected chi connectivity index (χ3v) is 2.88. The molecule has 0 spiro atoms. The van der Waals surface area contributed by atoms with Gasteiger partial charge in [-0.05, 0) is 19.1 Å². The Hall–Kier alpha value is -1.98. The van der Waals surface area contributed by atoms with Crippen LogP contribution in [0.3, 0.4) is 0 Å². The minimum atomic E-state index is -4.36. The third-order valence-electron chi connectivity index (χ3n) is 2.88. The second-order valence-corrected chi connectivity index (χ2v) is 4.04. The Balaban J connectivity index is 2.55. The number of nitrogen functional groups attached to an aromatic ring is 1. The maximum Gasteiger partial charge on any atom is 0.416 e. The highest BCUT2D eigenvalue weighted by molar-refractivity contribution is 5.65. The van der Waals surface area contributed by atoms with Gasteiger partial charge in [0.15, 0.2) is 0 Å². The van der Waals surface area contributed by atoms with E-state index in [4.69, 9.17) is 5.73 Å². The van der Waals surface area contributed by atoms with Crippen molar-refractivity contribution in [1.82, 2.24) is 9.55 Å². The fourth-order valence-electron chi connectivity index (χ4n) is 1.72. The lowest BCUT2D eigenvalue weighted by Crippen LogP contribution is -2.04. The van der Waals surface area contributed by atoms with Crippen LogP contribution in [0.25, 0.3) is 11.3 Å². The van der Waals surface area contributed by atoms with E-state index in [0.717, 1.165) is 17.8 Å². The Kier molecular flexibility index (Phi) is 2.80. The van der Waals surface area contributed by atoms with E-state index in [1.807, 2.05) is 0 Å². The molecule has 0 saturated heterocycles.